The van der Waals surface area contributed by atoms with Crippen molar-refractivity contribution in [2.45, 2.75) is 58.5 Å². The zero-order valence-electron chi connectivity index (χ0n) is 21.1. The van der Waals surface area contributed by atoms with Gasteiger partial charge in [-0.05, 0) is 89.4 Å². The van der Waals surface area contributed by atoms with Crippen LogP contribution in [0.1, 0.15) is 58.1 Å². The van der Waals surface area contributed by atoms with Gasteiger partial charge < -0.3 is 20.3 Å². The molecule has 3 atom stereocenters. The van der Waals surface area contributed by atoms with E-state index in [2.05, 4.69) is 77.5 Å². The van der Waals surface area contributed by atoms with Crippen molar-refractivity contribution in [3.8, 4) is 5.75 Å². The third kappa shape index (κ3) is 9.06. The molecule has 3 unspecified atom stereocenters. The maximum atomic E-state index is 5.34. The fourth-order valence-corrected chi connectivity index (χ4v) is 4.69. The standard InChI is InChI=1S/C25H45N5O.HI/c1-7-30(8-2)18-9-11-20(3)28-25(26-4)27-19-22-12-10-17-29(5)24(22)21-13-15-23(31-6)16-14-21;/h13-16,20,22,24H,7-12,17-19H2,1-6H3,(H2,26,27,28);1H. The second kappa shape index (κ2) is 15.7. The average Bonchev–Trinajstić information content (AvgIpc) is 2.79. The first-order chi connectivity index (χ1) is 15.0. The van der Waals surface area contributed by atoms with Crippen LogP contribution in [0.25, 0.3) is 0 Å². The molecule has 1 heterocycles. The minimum absolute atomic E-state index is 0. The van der Waals surface area contributed by atoms with Crippen LogP contribution in [0.5, 0.6) is 5.75 Å². The highest BCUT2D eigenvalue weighted by molar-refractivity contribution is 14.0. The van der Waals surface area contributed by atoms with Gasteiger partial charge in [-0.25, -0.2) is 0 Å². The van der Waals surface area contributed by atoms with Crippen LogP contribution >= 0.6 is 24.0 Å². The molecule has 7 heteroatoms. The van der Waals surface area contributed by atoms with E-state index < -0.39 is 0 Å². The summed E-state index contributed by atoms with van der Waals surface area (Å²) >= 11 is 0. The van der Waals surface area contributed by atoms with Crippen LogP contribution in [-0.4, -0.2) is 75.7 Å². The first-order valence-electron chi connectivity index (χ1n) is 12.1. The van der Waals surface area contributed by atoms with Gasteiger partial charge in [0.25, 0.3) is 0 Å². The van der Waals surface area contributed by atoms with Gasteiger partial charge in [0.1, 0.15) is 5.75 Å². The minimum atomic E-state index is 0. The van der Waals surface area contributed by atoms with Crippen LogP contribution in [-0.2, 0) is 0 Å². The van der Waals surface area contributed by atoms with Crippen molar-refractivity contribution < 1.29 is 4.74 Å². The van der Waals surface area contributed by atoms with Gasteiger partial charge in [-0.3, -0.25) is 9.89 Å². The fourth-order valence-electron chi connectivity index (χ4n) is 4.69. The Morgan fingerprint density at radius 1 is 1.25 bits per heavy atom. The highest BCUT2D eigenvalue weighted by Gasteiger charge is 2.30. The zero-order chi connectivity index (χ0) is 22.6. The van der Waals surface area contributed by atoms with Crippen molar-refractivity contribution in [3.05, 3.63) is 29.8 Å². The van der Waals surface area contributed by atoms with Crippen molar-refractivity contribution in [1.82, 2.24) is 20.4 Å². The third-order valence-corrected chi connectivity index (χ3v) is 6.61. The Hall–Kier alpha value is -1.06. The van der Waals surface area contributed by atoms with Crippen molar-refractivity contribution in [2.24, 2.45) is 10.9 Å². The molecular weight excluding hydrogens is 513 g/mol. The molecule has 2 rings (SSSR count). The van der Waals surface area contributed by atoms with Gasteiger partial charge in [0.2, 0.25) is 0 Å². The van der Waals surface area contributed by atoms with E-state index >= 15 is 0 Å². The molecule has 1 fully saturated rings. The number of hydrogen-bond acceptors (Lipinski definition) is 4. The van der Waals surface area contributed by atoms with E-state index in [9.17, 15) is 0 Å². The lowest BCUT2D eigenvalue weighted by molar-refractivity contribution is 0.122. The predicted octanol–water partition coefficient (Wildman–Crippen LogP) is 4.37. The smallest absolute Gasteiger partial charge is 0.191 e. The monoisotopic (exact) mass is 559 g/mol. The van der Waals surface area contributed by atoms with E-state index in [1.165, 1.54) is 31.4 Å². The van der Waals surface area contributed by atoms with Gasteiger partial charge in [0.15, 0.2) is 5.96 Å². The van der Waals surface area contributed by atoms with Gasteiger partial charge >= 0.3 is 0 Å². The Morgan fingerprint density at radius 2 is 1.94 bits per heavy atom. The van der Waals surface area contributed by atoms with Crippen molar-refractivity contribution in [3.63, 3.8) is 0 Å². The number of nitrogens with one attached hydrogen (secondary N) is 2. The summed E-state index contributed by atoms with van der Waals surface area (Å²) in [5, 5.41) is 7.20. The normalized spacial score (nSPS) is 20.5. The number of hydrogen-bond donors (Lipinski definition) is 2. The second-order valence-electron chi connectivity index (χ2n) is 8.77. The third-order valence-electron chi connectivity index (χ3n) is 6.61. The van der Waals surface area contributed by atoms with E-state index in [0.717, 1.165) is 44.3 Å². The number of guanidine groups is 1. The molecule has 0 bridgehead atoms. The van der Waals surface area contributed by atoms with Gasteiger partial charge in [0, 0.05) is 25.7 Å². The second-order valence-corrected chi connectivity index (χ2v) is 8.77. The lowest BCUT2D eigenvalue weighted by atomic mass is 9.85. The zero-order valence-corrected chi connectivity index (χ0v) is 23.4. The summed E-state index contributed by atoms with van der Waals surface area (Å²) in [7, 11) is 5.83. The van der Waals surface area contributed by atoms with E-state index in [4.69, 9.17) is 4.74 Å². The Labute approximate surface area is 213 Å². The summed E-state index contributed by atoms with van der Waals surface area (Å²) in [6, 6.07) is 9.39. The van der Waals surface area contributed by atoms with Crippen LogP contribution < -0.4 is 15.4 Å². The summed E-state index contributed by atoms with van der Waals surface area (Å²) in [6.07, 6.45) is 4.82. The molecule has 32 heavy (non-hydrogen) atoms. The van der Waals surface area contributed by atoms with Crippen LogP contribution in [0.2, 0.25) is 0 Å². The van der Waals surface area contributed by atoms with E-state index in [1.54, 1.807) is 7.11 Å². The lowest BCUT2D eigenvalue weighted by Crippen LogP contribution is -2.47. The number of benzene rings is 1. The highest BCUT2D eigenvalue weighted by Crippen LogP contribution is 2.35. The van der Waals surface area contributed by atoms with Gasteiger partial charge in [-0.15, -0.1) is 24.0 Å². The summed E-state index contributed by atoms with van der Waals surface area (Å²) in [5.74, 6) is 2.37. The Balaban J connectivity index is 0.00000512. The molecule has 0 radical (unpaired) electrons. The highest BCUT2D eigenvalue weighted by atomic mass is 127. The molecule has 1 saturated heterocycles. The number of piperidine rings is 1. The first kappa shape index (κ1) is 29.0. The molecule has 0 saturated carbocycles. The SMILES string of the molecule is CCN(CC)CCCC(C)NC(=NC)NCC1CCCN(C)C1c1ccc(OC)cc1.I. The summed E-state index contributed by atoms with van der Waals surface area (Å²) < 4.78 is 5.34. The molecule has 1 aliphatic rings. The van der Waals surface area contributed by atoms with Gasteiger partial charge in [-0.1, -0.05) is 26.0 Å². The molecule has 1 aromatic rings. The van der Waals surface area contributed by atoms with Gasteiger partial charge in [0.05, 0.1) is 7.11 Å². The topological polar surface area (TPSA) is 52.1 Å². The maximum Gasteiger partial charge on any atom is 0.191 e. The molecule has 184 valence electrons. The minimum Gasteiger partial charge on any atom is -0.497 e. The van der Waals surface area contributed by atoms with Crippen LogP contribution in [0.15, 0.2) is 29.3 Å². The van der Waals surface area contributed by atoms with Crippen molar-refractivity contribution >= 4 is 29.9 Å². The summed E-state index contributed by atoms with van der Waals surface area (Å²) in [6.45, 7) is 12.2. The molecule has 1 aliphatic heterocycles. The lowest BCUT2D eigenvalue weighted by Gasteiger charge is -2.40. The quantitative estimate of drug-likeness (QED) is 0.240. The number of ether oxygens (including phenoxy) is 1. The van der Waals surface area contributed by atoms with Crippen molar-refractivity contribution in [1.29, 1.82) is 0 Å². The Bertz CT molecular complexity index is 650. The van der Waals surface area contributed by atoms with Crippen LogP contribution in [0.3, 0.4) is 0 Å². The molecule has 0 aromatic heterocycles. The molecule has 0 amide bonds. The largest absolute Gasteiger partial charge is 0.497 e. The average molecular weight is 560 g/mol. The van der Waals surface area contributed by atoms with Gasteiger partial charge in [-0.2, -0.15) is 0 Å². The Morgan fingerprint density at radius 3 is 2.53 bits per heavy atom. The molecule has 2 N–H and O–H groups in total. The number of rotatable bonds is 11. The molecular formula is C25H46IN5O. The number of methoxy groups -OCH3 is 1. The van der Waals surface area contributed by atoms with Crippen molar-refractivity contribution in [2.75, 3.05) is 53.9 Å². The molecule has 0 spiro atoms. The number of aliphatic imine (C=N–C) groups is 1. The maximum absolute atomic E-state index is 5.34. The first-order valence-corrected chi connectivity index (χ1v) is 12.1. The summed E-state index contributed by atoms with van der Waals surface area (Å²) in [5.41, 5.74) is 1.36. The number of halogens is 1. The number of likely N-dealkylation sites (tertiary alicyclic amines) is 1. The van der Waals surface area contributed by atoms with E-state index in [1.807, 2.05) is 7.05 Å². The molecule has 1 aromatic carbocycles. The van der Waals surface area contributed by atoms with E-state index in [-0.39, 0.29) is 24.0 Å². The van der Waals surface area contributed by atoms with Crippen LogP contribution in [0, 0.1) is 5.92 Å². The van der Waals surface area contributed by atoms with E-state index in [0.29, 0.717) is 18.0 Å². The molecule has 0 aliphatic carbocycles. The predicted molar refractivity (Wildman–Crippen MR) is 147 cm³/mol. The Kier molecular flexibility index (Phi) is 14.2. The molecule has 6 nitrogen and oxygen atoms in total. The number of nitrogens with zero attached hydrogens (tertiary/aromatic N) is 3. The van der Waals surface area contributed by atoms with Crippen LogP contribution in [0.4, 0.5) is 0 Å². The summed E-state index contributed by atoms with van der Waals surface area (Å²) in [4.78, 5) is 9.46. The fraction of sp³-hybridized carbons (Fsp3) is 0.720.